The topological polar surface area (TPSA) is 25.8 Å². The third-order valence-electron chi connectivity index (χ3n) is 12.7. The molecule has 268 valence electrons. The summed E-state index contributed by atoms with van der Waals surface area (Å²) in [6.45, 7) is 0. The molecule has 3 heteroatoms. The summed E-state index contributed by atoms with van der Waals surface area (Å²) in [4.78, 5) is 10.7. The van der Waals surface area contributed by atoms with E-state index in [0.717, 1.165) is 44.3 Å². The van der Waals surface area contributed by atoms with Crippen LogP contribution in [0.2, 0.25) is 0 Å². The second kappa shape index (κ2) is 11.9. The highest BCUT2D eigenvalue weighted by Gasteiger charge is 2.51. The molecule has 0 bridgehead atoms. The normalized spacial score (nSPS) is 13.3. The van der Waals surface area contributed by atoms with Gasteiger partial charge in [-0.2, -0.15) is 0 Å². The summed E-state index contributed by atoms with van der Waals surface area (Å²) in [5.74, 6) is 0. The minimum absolute atomic E-state index is 0.393. The van der Waals surface area contributed by atoms with Crippen molar-refractivity contribution >= 4 is 53.3 Å². The van der Waals surface area contributed by atoms with E-state index in [2.05, 4.69) is 194 Å². The van der Waals surface area contributed by atoms with Gasteiger partial charge in [0.05, 0.1) is 27.8 Å². The lowest BCUT2D eigenvalue weighted by atomic mass is 9.70. The van der Waals surface area contributed by atoms with Gasteiger partial charge in [-0.3, -0.25) is 0 Å². The summed E-state index contributed by atoms with van der Waals surface area (Å²) in [7, 11) is 0. The van der Waals surface area contributed by atoms with Gasteiger partial charge in [0, 0.05) is 42.1 Å². The summed E-state index contributed by atoms with van der Waals surface area (Å²) in [6.07, 6.45) is 0. The average molecular weight is 753 g/mol. The van der Waals surface area contributed by atoms with Gasteiger partial charge in [-0.1, -0.05) is 158 Å². The Balaban J connectivity index is 0.919. The summed E-state index contributed by atoms with van der Waals surface area (Å²) in [5, 5.41) is 4.80. The van der Waals surface area contributed by atoms with Crippen molar-refractivity contribution in [3.8, 4) is 55.9 Å². The van der Waals surface area contributed by atoms with E-state index in [-0.39, 0.29) is 0 Å². The van der Waals surface area contributed by atoms with Crippen molar-refractivity contribution in [1.29, 1.82) is 0 Å². The van der Waals surface area contributed by atoms with E-state index in [1.165, 1.54) is 75.8 Å². The van der Waals surface area contributed by atoms with E-state index in [1.54, 1.807) is 0 Å². The van der Waals surface area contributed by atoms with Crippen LogP contribution in [0.3, 0.4) is 0 Å². The molecule has 3 heterocycles. The van der Waals surface area contributed by atoms with Crippen molar-refractivity contribution in [2.24, 2.45) is 0 Å². The maximum absolute atomic E-state index is 5.42. The first-order valence-electron chi connectivity index (χ1n) is 19.9. The summed E-state index contributed by atoms with van der Waals surface area (Å²) in [6, 6.07) is 71.2. The van der Waals surface area contributed by atoms with Crippen molar-refractivity contribution in [2.75, 3.05) is 0 Å². The van der Waals surface area contributed by atoms with Crippen LogP contribution in [0.15, 0.2) is 194 Å². The Bertz CT molecular complexity index is 3460. The Morgan fingerprint density at radius 3 is 1.47 bits per heavy atom. The molecule has 0 amide bonds. The van der Waals surface area contributed by atoms with Crippen molar-refractivity contribution in [3.63, 3.8) is 0 Å². The first-order valence-corrected chi connectivity index (χ1v) is 20.7. The molecule has 2 aliphatic carbocycles. The van der Waals surface area contributed by atoms with Gasteiger partial charge in [0.2, 0.25) is 0 Å². The average Bonchev–Trinajstić information content (AvgIpc) is 3.92. The van der Waals surface area contributed by atoms with E-state index >= 15 is 0 Å². The second-order valence-corrected chi connectivity index (χ2v) is 16.7. The highest BCUT2D eigenvalue weighted by atomic mass is 32.1. The van der Waals surface area contributed by atoms with Gasteiger partial charge in [-0.15, -0.1) is 11.3 Å². The molecule has 0 unspecified atom stereocenters. The molecular formula is C55H32N2S. The molecule has 0 aliphatic heterocycles. The van der Waals surface area contributed by atoms with Crippen molar-refractivity contribution in [1.82, 2.24) is 9.97 Å². The van der Waals surface area contributed by atoms with Crippen LogP contribution >= 0.6 is 11.3 Å². The first kappa shape index (κ1) is 31.9. The van der Waals surface area contributed by atoms with Crippen LogP contribution < -0.4 is 0 Å². The molecule has 0 N–H and O–H groups in total. The van der Waals surface area contributed by atoms with Gasteiger partial charge in [0.25, 0.3) is 0 Å². The zero-order chi connectivity index (χ0) is 38.0. The molecule has 8 aromatic carbocycles. The van der Waals surface area contributed by atoms with Crippen molar-refractivity contribution in [2.45, 2.75) is 5.41 Å². The molecule has 0 saturated carbocycles. The predicted octanol–water partition coefficient (Wildman–Crippen LogP) is 14.5. The van der Waals surface area contributed by atoms with Gasteiger partial charge >= 0.3 is 0 Å². The van der Waals surface area contributed by atoms with Gasteiger partial charge < -0.3 is 0 Å². The van der Waals surface area contributed by atoms with Gasteiger partial charge in [0.15, 0.2) is 0 Å². The number of hydrogen-bond donors (Lipinski definition) is 0. The molecular weight excluding hydrogens is 721 g/mol. The van der Waals surface area contributed by atoms with Crippen LogP contribution in [0.1, 0.15) is 22.3 Å². The Labute approximate surface area is 339 Å². The Kier molecular flexibility index (Phi) is 6.56. The molecule has 58 heavy (non-hydrogen) atoms. The van der Waals surface area contributed by atoms with Crippen LogP contribution in [0, 0.1) is 0 Å². The summed E-state index contributed by atoms with van der Waals surface area (Å²) in [5.41, 5.74) is 18.5. The van der Waals surface area contributed by atoms with Gasteiger partial charge in [0.1, 0.15) is 0 Å². The van der Waals surface area contributed by atoms with Gasteiger partial charge in [-0.05, 0) is 92.0 Å². The summed E-state index contributed by atoms with van der Waals surface area (Å²) >= 11 is 1.85. The van der Waals surface area contributed by atoms with Crippen LogP contribution in [-0.4, -0.2) is 9.97 Å². The lowest BCUT2D eigenvalue weighted by molar-refractivity contribution is 0.794. The molecule has 1 spiro atoms. The second-order valence-electron chi connectivity index (χ2n) is 15.6. The zero-order valence-electron chi connectivity index (χ0n) is 31.3. The fraction of sp³-hybridized carbons (Fsp3) is 0.0182. The highest BCUT2D eigenvalue weighted by molar-refractivity contribution is 7.25. The van der Waals surface area contributed by atoms with Crippen LogP contribution in [0.5, 0.6) is 0 Å². The predicted molar refractivity (Wildman–Crippen MR) is 243 cm³/mol. The van der Waals surface area contributed by atoms with Crippen LogP contribution in [0.4, 0.5) is 0 Å². The molecule has 3 aromatic heterocycles. The molecule has 0 radical (unpaired) electrons. The molecule has 2 nitrogen and oxygen atoms in total. The van der Waals surface area contributed by atoms with Crippen molar-refractivity contribution < 1.29 is 0 Å². The van der Waals surface area contributed by atoms with E-state index in [9.17, 15) is 0 Å². The van der Waals surface area contributed by atoms with Crippen molar-refractivity contribution in [3.05, 3.63) is 216 Å². The minimum atomic E-state index is -0.393. The largest absolute Gasteiger partial charge is 0.245 e. The molecule has 0 atom stereocenters. The number of rotatable bonds is 3. The van der Waals surface area contributed by atoms with Crippen LogP contribution in [0.25, 0.3) is 97.9 Å². The van der Waals surface area contributed by atoms with E-state index < -0.39 is 5.41 Å². The molecule has 0 fully saturated rings. The maximum Gasteiger partial charge on any atom is 0.0972 e. The number of fused-ring (bicyclic) bond motifs is 16. The monoisotopic (exact) mass is 752 g/mol. The van der Waals surface area contributed by atoms with E-state index in [4.69, 9.17) is 9.97 Å². The lowest BCUT2D eigenvalue weighted by Crippen LogP contribution is -2.25. The molecule has 2 aliphatic rings. The highest BCUT2D eigenvalue weighted by Crippen LogP contribution is 2.63. The standard InChI is InChI=1S/C55H32N2S/c1-5-13-45-39(9-1)40-10-2-6-14-46(40)55(45)47-15-7-3-11-41(47)42-27-23-38(32-48(42)55)50-29-25-36-22-21-35-24-28-49(56-53(35)54(36)57-50)34-19-17-33(18-20-34)37-26-30-52-44(31-37)43-12-4-8-16-51(43)58-52/h1-32H. The number of hydrogen-bond acceptors (Lipinski definition) is 3. The number of pyridine rings is 2. The Hall–Kier alpha value is -7.20. The Morgan fingerprint density at radius 1 is 0.328 bits per heavy atom. The Morgan fingerprint density at radius 2 is 0.810 bits per heavy atom. The third kappa shape index (κ3) is 4.37. The lowest BCUT2D eigenvalue weighted by Gasteiger charge is -2.30. The maximum atomic E-state index is 5.42. The number of thiophene rings is 1. The fourth-order valence-corrected chi connectivity index (χ4v) is 11.2. The molecule has 0 saturated heterocycles. The molecule has 11 aromatic rings. The van der Waals surface area contributed by atoms with Gasteiger partial charge in [-0.25, -0.2) is 9.97 Å². The quantitative estimate of drug-likeness (QED) is 0.168. The zero-order valence-corrected chi connectivity index (χ0v) is 32.1. The minimum Gasteiger partial charge on any atom is -0.245 e. The molecule has 13 rings (SSSR count). The number of nitrogens with zero attached hydrogens (tertiary/aromatic N) is 2. The number of aromatic nitrogens is 2. The first-order chi connectivity index (χ1) is 28.7. The van der Waals surface area contributed by atoms with E-state index in [0.29, 0.717) is 0 Å². The van der Waals surface area contributed by atoms with E-state index in [1.807, 2.05) is 11.3 Å². The van der Waals surface area contributed by atoms with Crippen LogP contribution in [-0.2, 0) is 5.41 Å². The fourth-order valence-electron chi connectivity index (χ4n) is 10.1. The smallest absolute Gasteiger partial charge is 0.0972 e. The SMILES string of the molecule is c1ccc2c(c1)-c1ccccc1C21c2ccccc2-c2ccc(-c3ccc4ccc5ccc(-c6ccc(-c7ccc8sc9ccccc9c8c7)cc6)nc5c4n3)cc21. The third-order valence-corrected chi connectivity index (χ3v) is 13.9. The summed E-state index contributed by atoms with van der Waals surface area (Å²) < 4.78 is 2.65. The number of benzene rings is 8.